The van der Waals surface area contributed by atoms with Gasteiger partial charge in [0.2, 0.25) is 0 Å². The van der Waals surface area contributed by atoms with Crippen molar-refractivity contribution in [2.75, 3.05) is 0 Å². The van der Waals surface area contributed by atoms with Crippen molar-refractivity contribution < 1.29 is 39.5 Å². The van der Waals surface area contributed by atoms with Crippen LogP contribution in [0.1, 0.15) is 6.42 Å². The fraction of sp³-hybridized carbons (Fsp3) is 0.750. The van der Waals surface area contributed by atoms with Crippen LogP contribution in [0.4, 0.5) is 39.5 Å². The minimum absolute atomic E-state index is 0.388. The highest BCUT2D eigenvalue weighted by Crippen LogP contribution is 2.54. The minimum Gasteiger partial charge on any atom is -0.240 e. The second kappa shape index (κ2) is 3.46. The van der Waals surface area contributed by atoms with Gasteiger partial charge < -0.3 is 0 Å². The van der Waals surface area contributed by atoms with E-state index in [1.54, 1.807) is 0 Å². The fourth-order valence-electron chi connectivity index (χ4n) is 1.06. The number of alkyl halides is 9. The Morgan fingerprint density at radius 3 is 1.76 bits per heavy atom. The van der Waals surface area contributed by atoms with Gasteiger partial charge in [-0.15, -0.1) is 0 Å². The molecule has 0 nitrogen and oxygen atoms in total. The zero-order valence-corrected chi connectivity index (χ0v) is 7.69. The Bertz CT molecular complexity index is 372. The number of halogens is 9. The minimum atomic E-state index is -6.54. The van der Waals surface area contributed by atoms with Gasteiger partial charge in [0.15, 0.2) is 6.17 Å². The monoisotopic (exact) mass is 270 g/mol. The van der Waals surface area contributed by atoms with E-state index in [9.17, 15) is 39.5 Å². The highest BCUT2D eigenvalue weighted by Gasteiger charge is 2.82. The van der Waals surface area contributed by atoms with Crippen molar-refractivity contribution >= 4 is 0 Å². The first-order chi connectivity index (χ1) is 7.38. The van der Waals surface area contributed by atoms with E-state index in [1.165, 1.54) is 0 Å². The van der Waals surface area contributed by atoms with Gasteiger partial charge in [0.25, 0.3) is 0 Å². The fourth-order valence-corrected chi connectivity index (χ4v) is 1.06. The second-order valence-electron chi connectivity index (χ2n) is 3.32. The predicted molar refractivity (Wildman–Crippen MR) is 37.1 cm³/mol. The van der Waals surface area contributed by atoms with E-state index in [0.29, 0.717) is 5.92 Å². The van der Waals surface area contributed by atoms with Crippen LogP contribution in [0.5, 0.6) is 0 Å². The highest BCUT2D eigenvalue weighted by atomic mass is 19.4. The van der Waals surface area contributed by atoms with Crippen molar-refractivity contribution in [3.63, 3.8) is 0 Å². The molecule has 0 aromatic rings. The summed E-state index contributed by atoms with van der Waals surface area (Å²) >= 11 is 0. The van der Waals surface area contributed by atoms with Crippen molar-refractivity contribution in [1.29, 1.82) is 0 Å². The summed E-state index contributed by atoms with van der Waals surface area (Å²) in [6, 6.07) is 0. The maximum absolute atomic E-state index is 12.7. The predicted octanol–water partition coefficient (Wildman–Crippen LogP) is 3.27. The van der Waals surface area contributed by atoms with E-state index in [4.69, 9.17) is 0 Å². The SMILES string of the molecule is FC1CC#CC(F)(F)C(F)(F)C(F)(F)C1(F)F. The van der Waals surface area contributed by atoms with Crippen LogP contribution in [0.2, 0.25) is 0 Å². The average molecular weight is 270 g/mol. The van der Waals surface area contributed by atoms with Crippen LogP contribution in [0.3, 0.4) is 0 Å². The summed E-state index contributed by atoms with van der Waals surface area (Å²) in [5, 5.41) is 0. The summed E-state index contributed by atoms with van der Waals surface area (Å²) < 4.78 is 113. The molecule has 0 aliphatic heterocycles. The van der Waals surface area contributed by atoms with Gasteiger partial charge in [-0.05, 0) is 5.92 Å². The van der Waals surface area contributed by atoms with E-state index in [0.717, 1.165) is 5.92 Å². The van der Waals surface area contributed by atoms with Crippen LogP contribution in [0, 0.1) is 11.8 Å². The molecule has 0 aromatic heterocycles. The van der Waals surface area contributed by atoms with Crippen LogP contribution in [-0.2, 0) is 0 Å². The Kier molecular flexibility index (Phi) is 2.85. The van der Waals surface area contributed by atoms with Crippen molar-refractivity contribution in [3.8, 4) is 11.8 Å². The molecule has 0 radical (unpaired) electrons. The molecule has 98 valence electrons. The molecule has 1 unspecified atom stereocenters. The maximum Gasteiger partial charge on any atom is 0.389 e. The van der Waals surface area contributed by atoms with Gasteiger partial charge in [-0.1, -0.05) is 5.92 Å². The molecule has 0 N–H and O–H groups in total. The molecule has 0 amide bonds. The molecule has 0 bridgehead atoms. The third-order valence-electron chi connectivity index (χ3n) is 2.13. The molecule has 0 aromatic carbocycles. The molecular weight excluding hydrogens is 267 g/mol. The van der Waals surface area contributed by atoms with E-state index in [-0.39, 0.29) is 0 Å². The Morgan fingerprint density at radius 1 is 0.824 bits per heavy atom. The first kappa shape index (κ1) is 14.0. The molecule has 0 saturated carbocycles. The van der Waals surface area contributed by atoms with Gasteiger partial charge >= 0.3 is 23.7 Å². The summed E-state index contributed by atoms with van der Waals surface area (Å²) in [6.07, 6.45) is -5.44. The van der Waals surface area contributed by atoms with Crippen LogP contribution >= 0.6 is 0 Å². The van der Waals surface area contributed by atoms with Crippen molar-refractivity contribution in [2.45, 2.75) is 36.3 Å². The van der Waals surface area contributed by atoms with Crippen molar-refractivity contribution in [2.24, 2.45) is 0 Å². The van der Waals surface area contributed by atoms with Gasteiger partial charge in [0.1, 0.15) is 0 Å². The van der Waals surface area contributed by atoms with Crippen LogP contribution in [0.25, 0.3) is 0 Å². The molecule has 1 aliphatic rings. The summed E-state index contributed by atoms with van der Waals surface area (Å²) in [6.45, 7) is 0. The first-order valence-corrected chi connectivity index (χ1v) is 4.03. The lowest BCUT2D eigenvalue weighted by Gasteiger charge is -2.36. The number of hydrogen-bond acceptors (Lipinski definition) is 0. The largest absolute Gasteiger partial charge is 0.389 e. The van der Waals surface area contributed by atoms with E-state index < -0.39 is 36.3 Å². The standard InChI is InChI=1S/C8H3F9/c9-4-2-1-3-5(10,11)7(14,15)8(16,17)6(4,12)13/h4H,2H2. The lowest BCUT2D eigenvalue weighted by atomic mass is 9.92. The van der Waals surface area contributed by atoms with Crippen LogP contribution in [-0.4, -0.2) is 29.9 Å². The summed E-state index contributed by atoms with van der Waals surface area (Å²) in [7, 11) is 0. The average Bonchev–Trinajstić information content (AvgIpc) is 2.15. The Labute approximate surface area is 88.8 Å². The van der Waals surface area contributed by atoms with Crippen molar-refractivity contribution in [3.05, 3.63) is 0 Å². The van der Waals surface area contributed by atoms with E-state index in [1.807, 2.05) is 0 Å². The summed E-state index contributed by atoms with van der Waals surface area (Å²) in [5.74, 6) is -23.2. The van der Waals surface area contributed by atoms with Crippen LogP contribution in [0.15, 0.2) is 0 Å². The van der Waals surface area contributed by atoms with Gasteiger partial charge in [0, 0.05) is 6.42 Å². The molecule has 17 heavy (non-hydrogen) atoms. The zero-order chi connectivity index (χ0) is 13.7. The lowest BCUT2D eigenvalue weighted by molar-refractivity contribution is -0.364. The van der Waals surface area contributed by atoms with Gasteiger partial charge in [0.05, 0.1) is 0 Å². The molecule has 9 heteroatoms. The third kappa shape index (κ3) is 1.65. The number of rotatable bonds is 0. The topological polar surface area (TPSA) is 0 Å². The smallest absolute Gasteiger partial charge is 0.240 e. The van der Waals surface area contributed by atoms with E-state index in [2.05, 4.69) is 0 Å². The molecule has 0 heterocycles. The van der Waals surface area contributed by atoms with Crippen molar-refractivity contribution in [1.82, 2.24) is 0 Å². The van der Waals surface area contributed by atoms with E-state index >= 15 is 0 Å². The molecule has 1 rings (SSSR count). The first-order valence-electron chi connectivity index (χ1n) is 4.03. The highest BCUT2D eigenvalue weighted by molar-refractivity contribution is 5.23. The normalized spacial score (nSPS) is 32.9. The van der Waals surface area contributed by atoms with Crippen LogP contribution < -0.4 is 0 Å². The maximum atomic E-state index is 12.7. The quantitative estimate of drug-likeness (QED) is 0.468. The van der Waals surface area contributed by atoms with Gasteiger partial charge in [-0.25, -0.2) is 4.39 Å². The third-order valence-corrected chi connectivity index (χ3v) is 2.13. The molecule has 1 aliphatic carbocycles. The van der Waals surface area contributed by atoms with Gasteiger partial charge in [-0.2, -0.15) is 35.1 Å². The number of hydrogen-bond donors (Lipinski definition) is 0. The Hall–Kier alpha value is -1.07. The summed E-state index contributed by atoms with van der Waals surface area (Å²) in [5.41, 5.74) is 0. The molecule has 0 saturated heterocycles. The lowest BCUT2D eigenvalue weighted by Crippen LogP contribution is -2.65. The molecule has 0 spiro atoms. The molecular formula is C8H3F9. The Morgan fingerprint density at radius 2 is 1.29 bits per heavy atom. The van der Waals surface area contributed by atoms with Gasteiger partial charge in [-0.3, -0.25) is 0 Å². The summed E-state index contributed by atoms with van der Waals surface area (Å²) in [4.78, 5) is 0. The Balaban J connectivity index is 3.47. The molecule has 1 atom stereocenters. The molecule has 0 fully saturated rings. The zero-order valence-electron chi connectivity index (χ0n) is 7.69. The second-order valence-corrected chi connectivity index (χ2v) is 3.32.